The van der Waals surface area contributed by atoms with Crippen molar-refractivity contribution in [1.29, 1.82) is 0 Å². The van der Waals surface area contributed by atoms with E-state index in [1.807, 2.05) is 6.92 Å². The predicted octanol–water partition coefficient (Wildman–Crippen LogP) is 1.22. The van der Waals surface area contributed by atoms with Gasteiger partial charge >= 0.3 is 0 Å². The molecule has 0 aromatic carbocycles. The van der Waals surface area contributed by atoms with Gasteiger partial charge in [-0.25, -0.2) is 4.39 Å². The maximum absolute atomic E-state index is 13.7. The first-order valence-corrected chi connectivity index (χ1v) is 5.22. The van der Waals surface area contributed by atoms with E-state index in [0.717, 1.165) is 0 Å². The Hall–Kier alpha value is -0.190. The Labute approximate surface area is 83.7 Å². The van der Waals surface area contributed by atoms with E-state index in [1.165, 1.54) is 0 Å². The van der Waals surface area contributed by atoms with Crippen molar-refractivity contribution in [3.05, 3.63) is 0 Å². The molecule has 1 spiro atoms. The summed E-state index contributed by atoms with van der Waals surface area (Å²) in [5, 5.41) is 0. The molecule has 4 heteroatoms. The van der Waals surface area contributed by atoms with Crippen molar-refractivity contribution in [2.45, 2.75) is 38.1 Å². The number of rotatable bonds is 1. The molecule has 1 aliphatic carbocycles. The molecule has 1 heterocycles. The number of halogens is 1. The van der Waals surface area contributed by atoms with E-state index in [-0.39, 0.29) is 0 Å². The minimum absolute atomic E-state index is 0.350. The fraction of sp³-hybridized carbons (Fsp3) is 1.00. The first-order chi connectivity index (χ1) is 6.60. The molecule has 1 saturated heterocycles. The average Bonchev–Trinajstić information content (AvgIpc) is 2.61. The molecule has 2 rings (SSSR count). The van der Waals surface area contributed by atoms with Crippen LogP contribution in [0.4, 0.5) is 4.39 Å². The molecule has 1 aliphatic heterocycles. The molecular weight excluding hydrogens is 185 g/mol. The topological polar surface area (TPSA) is 44.5 Å². The molecule has 0 amide bonds. The fourth-order valence-electron chi connectivity index (χ4n) is 2.45. The van der Waals surface area contributed by atoms with Gasteiger partial charge in [0.2, 0.25) is 0 Å². The molecule has 1 saturated carbocycles. The molecule has 0 aromatic heterocycles. The summed E-state index contributed by atoms with van der Waals surface area (Å²) in [5.41, 5.74) is 5.14. The van der Waals surface area contributed by atoms with Gasteiger partial charge in [-0.1, -0.05) is 6.92 Å². The van der Waals surface area contributed by atoms with Gasteiger partial charge in [-0.3, -0.25) is 0 Å². The van der Waals surface area contributed by atoms with Crippen LogP contribution in [0.1, 0.15) is 26.2 Å². The lowest BCUT2D eigenvalue weighted by atomic mass is 9.71. The third-order valence-corrected chi connectivity index (χ3v) is 3.49. The first kappa shape index (κ1) is 10.3. The lowest BCUT2D eigenvalue weighted by Crippen LogP contribution is -2.50. The standard InChI is InChI=1S/C10H18FNO2/c1-9(7-12)6-10(3-2-8(9)11)13-4-5-14-10/h8H,2-7,12H2,1H3/t8-,9+/m1/s1. The molecule has 2 fully saturated rings. The van der Waals surface area contributed by atoms with Crippen LogP contribution in [0.15, 0.2) is 0 Å². The highest BCUT2D eigenvalue weighted by Gasteiger charge is 2.50. The van der Waals surface area contributed by atoms with E-state index >= 15 is 0 Å². The molecule has 0 bridgehead atoms. The third-order valence-electron chi connectivity index (χ3n) is 3.49. The summed E-state index contributed by atoms with van der Waals surface area (Å²) in [4.78, 5) is 0. The zero-order valence-electron chi connectivity index (χ0n) is 8.59. The molecule has 0 unspecified atom stereocenters. The van der Waals surface area contributed by atoms with Crippen LogP contribution in [0.25, 0.3) is 0 Å². The SMILES string of the molecule is C[C@@]1(CN)CC2(CC[C@H]1F)OCCO2. The van der Waals surface area contributed by atoms with Gasteiger partial charge in [-0.15, -0.1) is 0 Å². The van der Waals surface area contributed by atoms with E-state index < -0.39 is 17.4 Å². The van der Waals surface area contributed by atoms with Crippen molar-refractivity contribution >= 4 is 0 Å². The van der Waals surface area contributed by atoms with Gasteiger partial charge in [-0.05, 0) is 6.42 Å². The first-order valence-electron chi connectivity index (χ1n) is 5.22. The highest BCUT2D eigenvalue weighted by Crippen LogP contribution is 2.46. The summed E-state index contributed by atoms with van der Waals surface area (Å²) in [5.74, 6) is -0.531. The van der Waals surface area contributed by atoms with Crippen LogP contribution in [0.3, 0.4) is 0 Å². The molecule has 0 radical (unpaired) electrons. The quantitative estimate of drug-likeness (QED) is 0.696. The largest absolute Gasteiger partial charge is 0.348 e. The van der Waals surface area contributed by atoms with E-state index in [9.17, 15) is 4.39 Å². The van der Waals surface area contributed by atoms with Gasteiger partial charge in [0, 0.05) is 24.8 Å². The Kier molecular flexibility index (Phi) is 2.53. The monoisotopic (exact) mass is 203 g/mol. The smallest absolute Gasteiger partial charge is 0.169 e. The minimum Gasteiger partial charge on any atom is -0.348 e. The van der Waals surface area contributed by atoms with Crippen molar-refractivity contribution in [3.8, 4) is 0 Å². The highest BCUT2D eigenvalue weighted by atomic mass is 19.1. The summed E-state index contributed by atoms with van der Waals surface area (Å²) in [7, 11) is 0. The summed E-state index contributed by atoms with van der Waals surface area (Å²) < 4.78 is 24.8. The van der Waals surface area contributed by atoms with Crippen molar-refractivity contribution in [1.82, 2.24) is 0 Å². The molecule has 2 aliphatic rings. The summed E-state index contributed by atoms with van der Waals surface area (Å²) in [6, 6.07) is 0. The second kappa shape index (κ2) is 3.43. The zero-order chi connectivity index (χ0) is 10.2. The lowest BCUT2D eigenvalue weighted by Gasteiger charge is -2.44. The van der Waals surface area contributed by atoms with Crippen molar-refractivity contribution in [2.24, 2.45) is 11.1 Å². The van der Waals surface area contributed by atoms with Gasteiger partial charge in [-0.2, -0.15) is 0 Å². The average molecular weight is 203 g/mol. The Morgan fingerprint density at radius 3 is 2.64 bits per heavy atom. The Morgan fingerprint density at radius 2 is 2.07 bits per heavy atom. The van der Waals surface area contributed by atoms with E-state index in [0.29, 0.717) is 39.0 Å². The molecule has 2 atom stereocenters. The van der Waals surface area contributed by atoms with Crippen LogP contribution in [0, 0.1) is 5.41 Å². The summed E-state index contributed by atoms with van der Waals surface area (Å²) in [6.45, 7) is 3.47. The Morgan fingerprint density at radius 1 is 1.43 bits per heavy atom. The van der Waals surface area contributed by atoms with Crippen molar-refractivity contribution in [3.63, 3.8) is 0 Å². The van der Waals surface area contributed by atoms with E-state index in [1.54, 1.807) is 0 Å². The lowest BCUT2D eigenvalue weighted by molar-refractivity contribution is -0.211. The van der Waals surface area contributed by atoms with E-state index in [4.69, 9.17) is 15.2 Å². The maximum Gasteiger partial charge on any atom is 0.169 e. The molecule has 3 nitrogen and oxygen atoms in total. The normalized spacial score (nSPS) is 41.8. The number of hydrogen-bond donors (Lipinski definition) is 1. The molecule has 0 aromatic rings. The Bertz CT molecular complexity index is 218. The van der Waals surface area contributed by atoms with Crippen molar-refractivity contribution < 1.29 is 13.9 Å². The van der Waals surface area contributed by atoms with Crippen LogP contribution in [0.5, 0.6) is 0 Å². The van der Waals surface area contributed by atoms with Crippen LogP contribution < -0.4 is 5.73 Å². The van der Waals surface area contributed by atoms with Crippen LogP contribution in [-0.2, 0) is 9.47 Å². The van der Waals surface area contributed by atoms with Crippen molar-refractivity contribution in [2.75, 3.05) is 19.8 Å². The van der Waals surface area contributed by atoms with Gasteiger partial charge in [0.05, 0.1) is 13.2 Å². The maximum atomic E-state index is 13.7. The number of ether oxygens (including phenoxy) is 2. The number of hydrogen-bond acceptors (Lipinski definition) is 3. The highest BCUT2D eigenvalue weighted by molar-refractivity contribution is 4.96. The summed E-state index contributed by atoms with van der Waals surface area (Å²) >= 11 is 0. The Balaban J connectivity index is 2.12. The molecule has 2 N–H and O–H groups in total. The third kappa shape index (κ3) is 1.55. The fourth-order valence-corrected chi connectivity index (χ4v) is 2.45. The van der Waals surface area contributed by atoms with Crippen LogP contribution in [0.2, 0.25) is 0 Å². The van der Waals surface area contributed by atoms with Gasteiger partial charge in [0.15, 0.2) is 5.79 Å². The van der Waals surface area contributed by atoms with Gasteiger partial charge < -0.3 is 15.2 Å². The number of nitrogens with two attached hydrogens (primary N) is 1. The molecule has 82 valence electrons. The van der Waals surface area contributed by atoms with Gasteiger partial charge in [0.25, 0.3) is 0 Å². The predicted molar refractivity (Wildman–Crippen MR) is 50.5 cm³/mol. The number of alkyl halides is 1. The molecular formula is C10H18FNO2. The second-order valence-electron chi connectivity index (χ2n) is 4.65. The molecule has 14 heavy (non-hydrogen) atoms. The van der Waals surface area contributed by atoms with E-state index in [2.05, 4.69) is 0 Å². The van der Waals surface area contributed by atoms with Crippen LogP contribution >= 0.6 is 0 Å². The summed E-state index contributed by atoms with van der Waals surface area (Å²) in [6.07, 6.45) is 0.903. The minimum atomic E-state index is -0.828. The van der Waals surface area contributed by atoms with Crippen LogP contribution in [-0.4, -0.2) is 31.7 Å². The zero-order valence-corrected chi connectivity index (χ0v) is 8.59. The van der Waals surface area contributed by atoms with Gasteiger partial charge in [0.1, 0.15) is 6.17 Å². The second-order valence-corrected chi connectivity index (χ2v) is 4.65.